The lowest BCUT2D eigenvalue weighted by molar-refractivity contribution is -0.140. The van der Waals surface area contributed by atoms with E-state index in [-0.39, 0.29) is 24.8 Å². The predicted octanol–water partition coefficient (Wildman–Crippen LogP) is 2.76. The summed E-state index contributed by atoms with van der Waals surface area (Å²) in [6.07, 6.45) is 1.85. The molecular weight excluding hydrogens is 290 g/mol. The number of amides is 1. The van der Waals surface area contributed by atoms with Crippen LogP contribution in [0.5, 0.6) is 0 Å². The fourth-order valence-electron chi connectivity index (χ4n) is 2.36. The van der Waals surface area contributed by atoms with Crippen molar-refractivity contribution in [2.24, 2.45) is 0 Å². The molecular formula is C19H21NO3. The Morgan fingerprint density at radius 1 is 0.957 bits per heavy atom. The quantitative estimate of drug-likeness (QED) is 0.800. The Bertz CT molecular complexity index is 653. The SMILES string of the molecule is COC(=O)CCNC(=O)c1ccccc1CCc1ccccc1. The molecule has 0 radical (unpaired) electrons. The summed E-state index contributed by atoms with van der Waals surface area (Å²) in [6.45, 7) is 0.276. The lowest BCUT2D eigenvalue weighted by Crippen LogP contribution is -2.27. The molecule has 1 amide bonds. The predicted molar refractivity (Wildman–Crippen MR) is 89.3 cm³/mol. The van der Waals surface area contributed by atoms with Gasteiger partial charge in [0, 0.05) is 12.1 Å². The van der Waals surface area contributed by atoms with Gasteiger partial charge in [0.25, 0.3) is 5.91 Å². The van der Waals surface area contributed by atoms with Crippen LogP contribution in [-0.2, 0) is 22.4 Å². The summed E-state index contributed by atoms with van der Waals surface area (Å²) in [5.74, 6) is -0.486. The summed E-state index contributed by atoms with van der Waals surface area (Å²) < 4.78 is 4.56. The molecule has 0 bridgehead atoms. The number of hydrogen-bond donors (Lipinski definition) is 1. The number of ether oxygens (including phenoxy) is 1. The summed E-state index contributed by atoms with van der Waals surface area (Å²) in [5.41, 5.74) is 2.91. The Labute approximate surface area is 136 Å². The van der Waals surface area contributed by atoms with Crippen LogP contribution in [0.1, 0.15) is 27.9 Å². The van der Waals surface area contributed by atoms with E-state index in [0.29, 0.717) is 5.56 Å². The average molecular weight is 311 g/mol. The third kappa shape index (κ3) is 5.25. The molecule has 0 heterocycles. The van der Waals surface area contributed by atoms with Crippen molar-refractivity contribution in [2.45, 2.75) is 19.3 Å². The van der Waals surface area contributed by atoms with E-state index < -0.39 is 0 Å². The summed E-state index contributed by atoms with van der Waals surface area (Å²) in [5, 5.41) is 2.76. The van der Waals surface area contributed by atoms with E-state index in [2.05, 4.69) is 22.2 Å². The molecule has 0 saturated heterocycles. The van der Waals surface area contributed by atoms with Crippen molar-refractivity contribution in [1.82, 2.24) is 5.32 Å². The Morgan fingerprint density at radius 2 is 1.65 bits per heavy atom. The second kappa shape index (κ2) is 8.73. The number of carbonyl (C=O) groups excluding carboxylic acids is 2. The highest BCUT2D eigenvalue weighted by atomic mass is 16.5. The van der Waals surface area contributed by atoms with E-state index in [0.717, 1.165) is 18.4 Å². The van der Waals surface area contributed by atoms with E-state index in [1.165, 1.54) is 12.7 Å². The lowest BCUT2D eigenvalue weighted by Gasteiger charge is -2.10. The zero-order chi connectivity index (χ0) is 16.5. The van der Waals surface area contributed by atoms with Gasteiger partial charge >= 0.3 is 5.97 Å². The van der Waals surface area contributed by atoms with Crippen molar-refractivity contribution in [3.63, 3.8) is 0 Å². The Morgan fingerprint density at radius 3 is 2.39 bits per heavy atom. The van der Waals surface area contributed by atoms with Crippen LogP contribution in [0.2, 0.25) is 0 Å². The number of aryl methyl sites for hydroxylation is 2. The maximum Gasteiger partial charge on any atom is 0.307 e. The molecule has 120 valence electrons. The summed E-state index contributed by atoms with van der Waals surface area (Å²) >= 11 is 0. The van der Waals surface area contributed by atoms with Crippen molar-refractivity contribution in [2.75, 3.05) is 13.7 Å². The molecule has 4 heteroatoms. The Kier molecular flexibility index (Phi) is 6.36. The van der Waals surface area contributed by atoms with Crippen LogP contribution >= 0.6 is 0 Å². The van der Waals surface area contributed by atoms with Gasteiger partial charge in [-0.2, -0.15) is 0 Å². The van der Waals surface area contributed by atoms with Crippen LogP contribution in [0.25, 0.3) is 0 Å². The summed E-state index contributed by atoms with van der Waals surface area (Å²) in [6, 6.07) is 17.8. The highest BCUT2D eigenvalue weighted by Crippen LogP contribution is 2.13. The van der Waals surface area contributed by atoms with Gasteiger partial charge in [0.2, 0.25) is 0 Å². The first-order valence-corrected chi connectivity index (χ1v) is 7.67. The number of hydrogen-bond acceptors (Lipinski definition) is 3. The van der Waals surface area contributed by atoms with Crippen molar-refractivity contribution in [1.29, 1.82) is 0 Å². The molecule has 0 saturated carbocycles. The van der Waals surface area contributed by atoms with Crippen LogP contribution < -0.4 is 5.32 Å². The van der Waals surface area contributed by atoms with Gasteiger partial charge in [-0.25, -0.2) is 0 Å². The fourth-order valence-corrected chi connectivity index (χ4v) is 2.36. The molecule has 4 nitrogen and oxygen atoms in total. The molecule has 0 aliphatic carbocycles. The first kappa shape index (κ1) is 16.7. The number of rotatable bonds is 7. The second-order valence-electron chi connectivity index (χ2n) is 5.22. The maximum atomic E-state index is 12.3. The molecule has 2 rings (SSSR count). The van der Waals surface area contributed by atoms with Crippen LogP contribution in [0, 0.1) is 0 Å². The van der Waals surface area contributed by atoms with E-state index in [1.807, 2.05) is 42.5 Å². The monoisotopic (exact) mass is 311 g/mol. The van der Waals surface area contributed by atoms with Crippen LogP contribution in [0.3, 0.4) is 0 Å². The highest BCUT2D eigenvalue weighted by molar-refractivity contribution is 5.95. The van der Waals surface area contributed by atoms with Gasteiger partial charge in [0.05, 0.1) is 13.5 Å². The van der Waals surface area contributed by atoms with E-state index in [4.69, 9.17) is 0 Å². The van der Waals surface area contributed by atoms with Gasteiger partial charge in [0.15, 0.2) is 0 Å². The first-order valence-electron chi connectivity index (χ1n) is 7.67. The molecule has 0 fully saturated rings. The van der Waals surface area contributed by atoms with Crippen LogP contribution in [-0.4, -0.2) is 25.5 Å². The lowest BCUT2D eigenvalue weighted by atomic mass is 9.99. The average Bonchev–Trinajstić information content (AvgIpc) is 2.60. The minimum absolute atomic E-state index is 0.155. The molecule has 23 heavy (non-hydrogen) atoms. The van der Waals surface area contributed by atoms with Gasteiger partial charge in [-0.15, -0.1) is 0 Å². The maximum absolute atomic E-state index is 12.3. The summed E-state index contributed by atoms with van der Waals surface area (Å²) in [4.78, 5) is 23.4. The number of nitrogens with one attached hydrogen (secondary N) is 1. The van der Waals surface area contributed by atoms with Gasteiger partial charge in [0.1, 0.15) is 0 Å². The molecule has 0 unspecified atom stereocenters. The first-order chi connectivity index (χ1) is 11.2. The molecule has 2 aromatic carbocycles. The summed E-state index contributed by atoms with van der Waals surface area (Å²) in [7, 11) is 1.34. The van der Waals surface area contributed by atoms with Gasteiger partial charge in [-0.05, 0) is 30.0 Å². The van der Waals surface area contributed by atoms with Crippen LogP contribution in [0.15, 0.2) is 54.6 Å². The minimum atomic E-state index is -0.331. The van der Waals surface area contributed by atoms with E-state index in [1.54, 1.807) is 0 Å². The fraction of sp³-hybridized carbons (Fsp3) is 0.263. The zero-order valence-corrected chi connectivity index (χ0v) is 13.2. The topological polar surface area (TPSA) is 55.4 Å². The van der Waals surface area contributed by atoms with Crippen LogP contribution in [0.4, 0.5) is 0 Å². The molecule has 0 aromatic heterocycles. The number of methoxy groups -OCH3 is 1. The minimum Gasteiger partial charge on any atom is -0.469 e. The second-order valence-corrected chi connectivity index (χ2v) is 5.22. The van der Waals surface area contributed by atoms with Crippen molar-refractivity contribution >= 4 is 11.9 Å². The van der Waals surface area contributed by atoms with Crippen molar-refractivity contribution in [3.8, 4) is 0 Å². The standard InChI is InChI=1S/C19H21NO3/c1-23-18(21)13-14-20-19(22)17-10-6-5-9-16(17)12-11-15-7-3-2-4-8-15/h2-10H,11-14H2,1H3,(H,20,22). The number of carbonyl (C=O) groups is 2. The zero-order valence-electron chi connectivity index (χ0n) is 13.2. The van der Waals surface area contributed by atoms with Gasteiger partial charge in [-0.3, -0.25) is 9.59 Å². The molecule has 0 atom stereocenters. The molecule has 2 aromatic rings. The van der Waals surface area contributed by atoms with Gasteiger partial charge in [-0.1, -0.05) is 48.5 Å². The largest absolute Gasteiger partial charge is 0.469 e. The Hall–Kier alpha value is -2.62. The smallest absolute Gasteiger partial charge is 0.307 e. The van der Waals surface area contributed by atoms with E-state index >= 15 is 0 Å². The van der Waals surface area contributed by atoms with Crippen molar-refractivity contribution in [3.05, 3.63) is 71.3 Å². The third-order valence-corrected chi connectivity index (χ3v) is 3.63. The molecule has 0 aliphatic rings. The highest BCUT2D eigenvalue weighted by Gasteiger charge is 2.11. The van der Waals surface area contributed by atoms with Gasteiger partial charge < -0.3 is 10.1 Å². The number of esters is 1. The van der Waals surface area contributed by atoms with Crippen molar-refractivity contribution < 1.29 is 14.3 Å². The third-order valence-electron chi connectivity index (χ3n) is 3.63. The normalized spacial score (nSPS) is 10.1. The van der Waals surface area contributed by atoms with E-state index in [9.17, 15) is 9.59 Å². The molecule has 1 N–H and O–H groups in total. The molecule has 0 spiro atoms. The number of benzene rings is 2. The Balaban J connectivity index is 1.96. The molecule has 0 aliphatic heterocycles.